The van der Waals surface area contributed by atoms with E-state index in [1.807, 2.05) is 30.5 Å². The molecule has 11 heteroatoms. The van der Waals surface area contributed by atoms with Crippen LogP contribution < -0.4 is 21.6 Å². The molecule has 3 aromatic rings. The fourth-order valence-electron chi connectivity index (χ4n) is 5.30. The van der Waals surface area contributed by atoms with Gasteiger partial charge in [0.1, 0.15) is 12.1 Å². The van der Waals surface area contributed by atoms with Crippen LogP contribution in [0.15, 0.2) is 54.5 Å². The van der Waals surface area contributed by atoms with Gasteiger partial charge in [-0.05, 0) is 48.1 Å². The average molecular weight is 578 g/mol. The van der Waals surface area contributed by atoms with Crippen molar-refractivity contribution >= 4 is 28.2 Å². The average Bonchev–Trinajstić information content (AvgIpc) is 3.72. The Hall–Kier alpha value is -4.84. The molecule has 3 aliphatic rings. The molecule has 1 aliphatic carbocycles. The highest BCUT2D eigenvalue weighted by Gasteiger charge is 2.33. The van der Waals surface area contributed by atoms with Crippen molar-refractivity contribution in [3.05, 3.63) is 76.7 Å². The third-order valence-corrected chi connectivity index (χ3v) is 7.79. The standard InChI is InChI=1S/C32H35N9O2/c1-32(2,3)18-36-29-22(13-34)14-35-28-21(12-33)10-23(11-26(28)29)37-30(27-17-41(39-38-27)24-7-8-24)19-5-4-6-20(9-19)31(43)40-15-25(42)16-40/h4-6,9-11,14,17,24-25,30,37-39,42H,7-8,15-16,18H2,1-3H3,(H,35,36)/t30-/m0/s1. The molecule has 2 fully saturated rings. The monoisotopic (exact) mass is 577 g/mol. The first-order chi connectivity index (χ1) is 20.6. The first-order valence-electron chi connectivity index (χ1n) is 14.5. The number of hydrogen-bond acceptors (Lipinski definition) is 10. The van der Waals surface area contributed by atoms with Crippen LogP contribution in [-0.4, -0.2) is 57.7 Å². The lowest BCUT2D eigenvalue weighted by Gasteiger charge is -2.36. The van der Waals surface area contributed by atoms with Crippen LogP contribution in [0, 0.1) is 28.1 Å². The fraction of sp³-hybridized carbons (Fsp3) is 0.375. The van der Waals surface area contributed by atoms with E-state index in [0.717, 1.165) is 24.1 Å². The summed E-state index contributed by atoms with van der Waals surface area (Å²) in [6.45, 7) is 7.61. The predicted octanol–water partition coefficient (Wildman–Crippen LogP) is 3.73. The number of aliphatic hydroxyl groups excluding tert-OH is 1. The SMILES string of the molecule is CC(C)(C)CNc1c(C#N)cnc2c(C#N)cc(N[C@H](C3=CN(C4CC4)NN3)c3cccc(C(=O)N4CC(O)C4)c3)cc12. The Morgan fingerprint density at radius 3 is 2.60 bits per heavy atom. The second-order valence-electron chi connectivity index (χ2n) is 12.6. The van der Waals surface area contributed by atoms with Crippen LogP contribution in [0.1, 0.15) is 66.7 Å². The Morgan fingerprint density at radius 1 is 1.16 bits per heavy atom. The van der Waals surface area contributed by atoms with Crippen LogP contribution in [0.4, 0.5) is 11.4 Å². The van der Waals surface area contributed by atoms with Crippen LogP contribution in [-0.2, 0) is 0 Å². The van der Waals surface area contributed by atoms with E-state index >= 15 is 0 Å². The number of aromatic nitrogens is 1. The number of nitriles is 2. The maximum atomic E-state index is 13.1. The fourth-order valence-corrected chi connectivity index (χ4v) is 5.30. The molecule has 5 N–H and O–H groups in total. The van der Waals surface area contributed by atoms with Crippen molar-refractivity contribution in [2.45, 2.75) is 51.8 Å². The van der Waals surface area contributed by atoms with Crippen LogP contribution in [0.5, 0.6) is 0 Å². The second kappa shape index (κ2) is 11.1. The molecule has 1 amide bonds. The van der Waals surface area contributed by atoms with Gasteiger partial charge < -0.3 is 26.1 Å². The Balaban J connectivity index is 1.41. The first-order valence-corrected chi connectivity index (χ1v) is 14.5. The van der Waals surface area contributed by atoms with Crippen LogP contribution in [0.25, 0.3) is 10.9 Å². The molecule has 220 valence electrons. The molecule has 2 aromatic carbocycles. The van der Waals surface area contributed by atoms with E-state index in [-0.39, 0.29) is 11.3 Å². The predicted molar refractivity (Wildman–Crippen MR) is 163 cm³/mol. The second-order valence-corrected chi connectivity index (χ2v) is 12.6. The maximum Gasteiger partial charge on any atom is 0.254 e. The number of amides is 1. The van der Waals surface area contributed by atoms with Gasteiger partial charge in [-0.15, -0.1) is 5.53 Å². The molecule has 11 nitrogen and oxygen atoms in total. The van der Waals surface area contributed by atoms with Crippen molar-refractivity contribution in [2.75, 3.05) is 30.3 Å². The van der Waals surface area contributed by atoms with Crippen LogP contribution >= 0.6 is 0 Å². The highest BCUT2D eigenvalue weighted by atomic mass is 16.3. The lowest BCUT2D eigenvalue weighted by atomic mass is 9.96. The number of nitrogens with zero attached hydrogens (tertiary/aromatic N) is 5. The van der Waals surface area contributed by atoms with Gasteiger partial charge in [-0.3, -0.25) is 14.8 Å². The molecule has 2 aliphatic heterocycles. The largest absolute Gasteiger partial charge is 0.389 e. The molecule has 0 radical (unpaired) electrons. The topological polar surface area (TPSA) is 152 Å². The number of fused-ring (bicyclic) bond motifs is 1. The summed E-state index contributed by atoms with van der Waals surface area (Å²) in [4.78, 5) is 19.2. The molecular formula is C32H35N9O2. The van der Waals surface area contributed by atoms with E-state index in [0.29, 0.717) is 64.6 Å². The van der Waals surface area contributed by atoms with Gasteiger partial charge >= 0.3 is 0 Å². The van der Waals surface area contributed by atoms with E-state index in [1.54, 1.807) is 17.0 Å². The zero-order valence-corrected chi connectivity index (χ0v) is 24.5. The van der Waals surface area contributed by atoms with E-state index in [9.17, 15) is 20.4 Å². The molecule has 43 heavy (non-hydrogen) atoms. The molecule has 1 saturated carbocycles. The van der Waals surface area contributed by atoms with Crippen molar-refractivity contribution in [3.63, 3.8) is 0 Å². The van der Waals surface area contributed by atoms with Crippen molar-refractivity contribution in [2.24, 2.45) is 5.41 Å². The number of β-amino-alcohol motifs (C(OH)–C–C–N with tert-alkyl or cyclic N) is 1. The minimum absolute atomic E-state index is 0.0427. The Kier molecular flexibility index (Phi) is 7.30. The quantitative estimate of drug-likeness (QED) is 0.268. The van der Waals surface area contributed by atoms with E-state index in [1.165, 1.54) is 6.20 Å². The number of pyridine rings is 1. The minimum atomic E-state index is -0.477. The number of nitrogens with one attached hydrogen (secondary N) is 4. The Labute approximate surface area is 250 Å². The number of hydrogen-bond donors (Lipinski definition) is 5. The third-order valence-electron chi connectivity index (χ3n) is 7.79. The molecule has 1 saturated heterocycles. The molecule has 1 aromatic heterocycles. The number of benzene rings is 2. The van der Waals surface area contributed by atoms with Crippen molar-refractivity contribution < 1.29 is 9.90 Å². The van der Waals surface area contributed by atoms with Crippen molar-refractivity contribution in [3.8, 4) is 12.1 Å². The highest BCUT2D eigenvalue weighted by Crippen LogP contribution is 2.36. The number of carbonyl (C=O) groups excluding carboxylic acids is 1. The smallest absolute Gasteiger partial charge is 0.254 e. The number of rotatable bonds is 8. The summed E-state index contributed by atoms with van der Waals surface area (Å²) < 4.78 is 0. The Bertz CT molecular complexity index is 1690. The van der Waals surface area contributed by atoms with Gasteiger partial charge in [0.05, 0.1) is 40.2 Å². The van der Waals surface area contributed by atoms with E-state index in [4.69, 9.17) is 0 Å². The molecule has 0 spiro atoms. The number of likely N-dealkylation sites (tertiary alicyclic amines) is 1. The lowest BCUT2D eigenvalue weighted by Crippen LogP contribution is -2.53. The van der Waals surface area contributed by atoms with Crippen LogP contribution in [0.3, 0.4) is 0 Å². The zero-order valence-electron chi connectivity index (χ0n) is 24.5. The summed E-state index contributed by atoms with van der Waals surface area (Å²) in [6.07, 6.45) is 5.28. The summed E-state index contributed by atoms with van der Waals surface area (Å²) in [6, 6.07) is 15.7. The van der Waals surface area contributed by atoms with Gasteiger partial charge in [0.15, 0.2) is 0 Å². The van der Waals surface area contributed by atoms with Gasteiger partial charge in [-0.25, -0.2) is 0 Å². The number of anilines is 2. The van der Waals surface area contributed by atoms with Crippen LogP contribution in [0.2, 0.25) is 0 Å². The number of aliphatic hydroxyl groups is 1. The van der Waals surface area contributed by atoms with Gasteiger partial charge in [0, 0.05) is 54.7 Å². The normalized spacial score (nSPS) is 17.4. The summed E-state index contributed by atoms with van der Waals surface area (Å²) in [5, 5.41) is 39.4. The number of carbonyl (C=O) groups is 1. The van der Waals surface area contributed by atoms with E-state index < -0.39 is 12.1 Å². The summed E-state index contributed by atoms with van der Waals surface area (Å²) in [5.74, 6) is -0.126. The third kappa shape index (κ3) is 5.91. The van der Waals surface area contributed by atoms with Crippen molar-refractivity contribution in [1.82, 2.24) is 25.9 Å². The lowest BCUT2D eigenvalue weighted by molar-refractivity contribution is 0.00589. The summed E-state index contributed by atoms with van der Waals surface area (Å²) in [7, 11) is 0. The minimum Gasteiger partial charge on any atom is -0.389 e. The molecule has 0 bridgehead atoms. The summed E-state index contributed by atoms with van der Waals surface area (Å²) in [5.41, 5.74) is 11.3. The maximum absolute atomic E-state index is 13.1. The number of hydrazine groups is 2. The molecular weight excluding hydrogens is 542 g/mol. The molecule has 3 heterocycles. The van der Waals surface area contributed by atoms with Gasteiger partial charge in [0.25, 0.3) is 5.91 Å². The Morgan fingerprint density at radius 2 is 1.93 bits per heavy atom. The molecule has 1 atom stereocenters. The highest BCUT2D eigenvalue weighted by molar-refractivity contribution is 5.99. The van der Waals surface area contributed by atoms with Gasteiger partial charge in [-0.2, -0.15) is 10.5 Å². The molecule has 0 unspecified atom stereocenters. The van der Waals surface area contributed by atoms with Gasteiger partial charge in [-0.1, -0.05) is 32.9 Å². The van der Waals surface area contributed by atoms with Gasteiger partial charge in [0.2, 0.25) is 0 Å². The zero-order chi connectivity index (χ0) is 30.3. The summed E-state index contributed by atoms with van der Waals surface area (Å²) >= 11 is 0. The van der Waals surface area contributed by atoms with E-state index in [2.05, 4.69) is 64.5 Å². The molecule has 6 rings (SSSR count). The van der Waals surface area contributed by atoms with Crippen molar-refractivity contribution in [1.29, 1.82) is 10.5 Å². The first kappa shape index (κ1) is 28.3.